The van der Waals surface area contributed by atoms with Gasteiger partial charge in [-0.3, -0.25) is 4.79 Å². The topological polar surface area (TPSA) is 69.9 Å². The van der Waals surface area contributed by atoms with Crippen molar-refractivity contribution in [2.45, 2.75) is 12.1 Å². The molecule has 0 atom stereocenters. The van der Waals surface area contributed by atoms with E-state index in [4.69, 9.17) is 0 Å². The Morgan fingerprint density at radius 1 is 1.56 bits per heavy atom. The Kier molecular flexibility index (Phi) is 3.93. The van der Waals surface area contributed by atoms with Crippen LogP contribution < -0.4 is 0 Å². The number of nitrogens with zero attached hydrogens (tertiary/aromatic N) is 4. The fraction of sp³-hybridized carbons (Fsp3) is 0.273. The molecule has 6 nitrogen and oxygen atoms in total. The van der Waals surface area contributed by atoms with Crippen molar-refractivity contribution in [3.8, 4) is 5.82 Å². The van der Waals surface area contributed by atoms with Gasteiger partial charge in [-0.15, -0.1) is 0 Å². The minimum absolute atomic E-state index is 0.193. The summed E-state index contributed by atoms with van der Waals surface area (Å²) in [6, 6.07) is 1.76. The highest BCUT2D eigenvalue weighted by Gasteiger charge is 2.06. The predicted octanol–water partition coefficient (Wildman–Crippen LogP) is 1.24. The summed E-state index contributed by atoms with van der Waals surface area (Å²) >= 11 is 1.23. The van der Waals surface area contributed by atoms with Gasteiger partial charge in [0.2, 0.25) is 0 Å². The Hall–Kier alpha value is -1.89. The number of thioether (sulfide) groups is 1. The molecule has 0 saturated carbocycles. The van der Waals surface area contributed by atoms with Crippen LogP contribution >= 0.6 is 11.8 Å². The summed E-state index contributed by atoms with van der Waals surface area (Å²) in [5.41, 5.74) is 1.05. The van der Waals surface area contributed by atoms with Crippen LogP contribution in [0.15, 0.2) is 29.8 Å². The predicted molar refractivity (Wildman–Crippen MR) is 66.6 cm³/mol. The second kappa shape index (κ2) is 5.63. The molecule has 2 heterocycles. The van der Waals surface area contributed by atoms with Crippen LogP contribution in [-0.2, 0) is 9.53 Å². The minimum atomic E-state index is -0.302. The van der Waals surface area contributed by atoms with Gasteiger partial charge < -0.3 is 4.74 Å². The zero-order chi connectivity index (χ0) is 13.0. The second-order valence-corrected chi connectivity index (χ2v) is 4.47. The number of aryl methyl sites for hydroxylation is 1. The SMILES string of the molecule is COC(=O)CSc1nccc(-n2cc(C)cn2)n1. The third-order valence-electron chi connectivity index (χ3n) is 2.11. The summed E-state index contributed by atoms with van der Waals surface area (Å²) in [6.07, 6.45) is 5.26. The van der Waals surface area contributed by atoms with Crippen molar-refractivity contribution in [1.82, 2.24) is 19.7 Å². The second-order valence-electron chi connectivity index (χ2n) is 3.52. The Labute approximate surface area is 108 Å². The summed E-state index contributed by atoms with van der Waals surface area (Å²) in [5, 5.41) is 4.68. The minimum Gasteiger partial charge on any atom is -0.468 e. The highest BCUT2D eigenvalue weighted by molar-refractivity contribution is 7.99. The number of hydrogen-bond donors (Lipinski definition) is 0. The van der Waals surface area contributed by atoms with Crippen LogP contribution in [0.3, 0.4) is 0 Å². The van der Waals surface area contributed by atoms with Crippen molar-refractivity contribution in [3.05, 3.63) is 30.2 Å². The van der Waals surface area contributed by atoms with E-state index in [1.807, 2.05) is 13.1 Å². The van der Waals surface area contributed by atoms with Crippen molar-refractivity contribution >= 4 is 17.7 Å². The fourth-order valence-electron chi connectivity index (χ4n) is 1.25. The summed E-state index contributed by atoms with van der Waals surface area (Å²) in [7, 11) is 1.35. The van der Waals surface area contributed by atoms with E-state index in [2.05, 4.69) is 19.8 Å². The smallest absolute Gasteiger partial charge is 0.316 e. The Morgan fingerprint density at radius 3 is 3.06 bits per heavy atom. The van der Waals surface area contributed by atoms with E-state index in [0.717, 1.165) is 5.56 Å². The van der Waals surface area contributed by atoms with E-state index < -0.39 is 0 Å². The molecule has 0 aliphatic carbocycles. The largest absolute Gasteiger partial charge is 0.468 e. The standard InChI is InChI=1S/C11H12N4O2S/c1-8-5-13-15(6-8)9-3-4-12-11(14-9)18-7-10(16)17-2/h3-6H,7H2,1-2H3. The lowest BCUT2D eigenvalue weighted by molar-refractivity contribution is -0.137. The number of esters is 1. The van der Waals surface area contributed by atoms with Crippen LogP contribution in [-0.4, -0.2) is 38.6 Å². The van der Waals surface area contributed by atoms with Gasteiger partial charge in [-0.25, -0.2) is 14.6 Å². The number of rotatable bonds is 4. The average Bonchev–Trinajstić information content (AvgIpc) is 2.83. The Morgan fingerprint density at radius 2 is 2.39 bits per heavy atom. The third-order valence-corrected chi connectivity index (χ3v) is 2.95. The van der Waals surface area contributed by atoms with Gasteiger partial charge in [0.15, 0.2) is 11.0 Å². The molecule has 0 fully saturated rings. The molecule has 94 valence electrons. The van der Waals surface area contributed by atoms with Crippen LogP contribution in [0, 0.1) is 6.92 Å². The van der Waals surface area contributed by atoms with Crippen molar-refractivity contribution in [2.75, 3.05) is 12.9 Å². The van der Waals surface area contributed by atoms with Crippen LogP contribution in [0.25, 0.3) is 5.82 Å². The molecule has 2 rings (SSSR count). The molecule has 0 spiro atoms. The first kappa shape index (κ1) is 12.6. The van der Waals surface area contributed by atoms with E-state index in [1.54, 1.807) is 23.1 Å². The molecule has 0 aliphatic rings. The molecule has 0 amide bonds. The lowest BCUT2D eigenvalue weighted by atomic mass is 10.4. The van der Waals surface area contributed by atoms with Crippen LogP contribution in [0.5, 0.6) is 0 Å². The van der Waals surface area contributed by atoms with Crippen LogP contribution in [0.4, 0.5) is 0 Å². The van der Waals surface area contributed by atoms with Crippen molar-refractivity contribution in [2.24, 2.45) is 0 Å². The lowest BCUT2D eigenvalue weighted by Gasteiger charge is -2.02. The molecule has 0 radical (unpaired) electrons. The maximum atomic E-state index is 11.0. The van der Waals surface area contributed by atoms with E-state index in [1.165, 1.54) is 18.9 Å². The number of ether oxygens (including phenoxy) is 1. The summed E-state index contributed by atoms with van der Waals surface area (Å²) in [6.45, 7) is 1.96. The Bertz CT molecular complexity index is 555. The molecular weight excluding hydrogens is 252 g/mol. The van der Waals surface area contributed by atoms with Gasteiger partial charge in [0, 0.05) is 18.5 Å². The number of carbonyl (C=O) groups is 1. The van der Waals surface area contributed by atoms with Gasteiger partial charge in [-0.05, 0) is 12.5 Å². The van der Waals surface area contributed by atoms with Gasteiger partial charge in [-0.2, -0.15) is 5.10 Å². The number of methoxy groups -OCH3 is 1. The fourth-order valence-corrected chi connectivity index (χ4v) is 1.91. The van der Waals surface area contributed by atoms with Crippen molar-refractivity contribution < 1.29 is 9.53 Å². The molecule has 0 aromatic carbocycles. The molecule has 2 aromatic rings. The molecule has 2 aromatic heterocycles. The maximum Gasteiger partial charge on any atom is 0.316 e. The summed E-state index contributed by atoms with van der Waals surface area (Å²) in [4.78, 5) is 19.4. The highest BCUT2D eigenvalue weighted by Crippen LogP contribution is 2.14. The zero-order valence-electron chi connectivity index (χ0n) is 10.0. The molecule has 18 heavy (non-hydrogen) atoms. The number of carbonyl (C=O) groups excluding carboxylic acids is 1. The van der Waals surface area contributed by atoms with E-state index in [0.29, 0.717) is 11.0 Å². The first-order valence-corrected chi connectivity index (χ1v) is 6.22. The van der Waals surface area contributed by atoms with E-state index >= 15 is 0 Å². The van der Waals surface area contributed by atoms with Crippen LogP contribution in [0.2, 0.25) is 0 Å². The van der Waals surface area contributed by atoms with E-state index in [-0.39, 0.29) is 11.7 Å². The van der Waals surface area contributed by atoms with Gasteiger partial charge in [-0.1, -0.05) is 11.8 Å². The van der Waals surface area contributed by atoms with Crippen LogP contribution in [0.1, 0.15) is 5.56 Å². The zero-order valence-corrected chi connectivity index (χ0v) is 10.8. The maximum absolute atomic E-state index is 11.0. The van der Waals surface area contributed by atoms with Gasteiger partial charge in [0.1, 0.15) is 0 Å². The van der Waals surface area contributed by atoms with E-state index in [9.17, 15) is 4.79 Å². The molecule has 0 aliphatic heterocycles. The third kappa shape index (κ3) is 3.07. The van der Waals surface area contributed by atoms with Crippen molar-refractivity contribution in [1.29, 1.82) is 0 Å². The number of aromatic nitrogens is 4. The quantitative estimate of drug-likeness (QED) is 0.470. The van der Waals surface area contributed by atoms with Gasteiger partial charge in [0.05, 0.1) is 19.1 Å². The molecule has 7 heteroatoms. The molecule has 0 N–H and O–H groups in total. The highest BCUT2D eigenvalue weighted by atomic mass is 32.2. The number of hydrogen-bond acceptors (Lipinski definition) is 6. The molecule has 0 unspecified atom stereocenters. The van der Waals surface area contributed by atoms with Gasteiger partial charge in [0.25, 0.3) is 0 Å². The lowest BCUT2D eigenvalue weighted by Crippen LogP contribution is -2.05. The van der Waals surface area contributed by atoms with Gasteiger partial charge >= 0.3 is 5.97 Å². The molecule has 0 saturated heterocycles. The average molecular weight is 264 g/mol. The Balaban J connectivity index is 2.12. The first-order valence-electron chi connectivity index (χ1n) is 5.23. The van der Waals surface area contributed by atoms with Crippen molar-refractivity contribution in [3.63, 3.8) is 0 Å². The molecular formula is C11H12N4O2S. The summed E-state index contributed by atoms with van der Waals surface area (Å²) < 4.78 is 6.22. The first-order chi connectivity index (χ1) is 8.69. The summed E-state index contributed by atoms with van der Waals surface area (Å²) in [5.74, 6) is 0.562. The monoisotopic (exact) mass is 264 g/mol. The normalized spacial score (nSPS) is 10.3. The molecule has 0 bridgehead atoms.